The van der Waals surface area contributed by atoms with Crippen molar-refractivity contribution in [3.8, 4) is 0 Å². The van der Waals surface area contributed by atoms with E-state index in [9.17, 15) is 0 Å². The van der Waals surface area contributed by atoms with Gasteiger partial charge in [-0.05, 0) is 20.8 Å². The zero-order chi connectivity index (χ0) is 10.6. The van der Waals surface area contributed by atoms with Crippen LogP contribution < -0.4 is 5.32 Å². The van der Waals surface area contributed by atoms with E-state index in [1.807, 2.05) is 0 Å². The number of aromatic nitrogens is 2. The summed E-state index contributed by atoms with van der Waals surface area (Å²) in [6.07, 6.45) is 0. The average Bonchev–Trinajstić information content (AvgIpc) is 2.49. The molecule has 0 unspecified atom stereocenters. The first-order chi connectivity index (χ1) is 6.51. The van der Waals surface area contributed by atoms with Crippen molar-refractivity contribution in [3.63, 3.8) is 0 Å². The largest absolute Gasteiger partial charge is 0.421 e. The van der Waals surface area contributed by atoms with Crippen LogP contribution in [0.2, 0.25) is 0 Å². The Hall–Kier alpha value is -0.940. The standard InChI is InChI=1S/C9H17N3O2/c1-9(2,3)10-5-7-11-12-8(14-7)6-13-4/h10H,5-6H2,1-4H3. The number of hydrogen-bond donors (Lipinski definition) is 1. The van der Waals surface area contributed by atoms with Gasteiger partial charge in [0.05, 0.1) is 6.54 Å². The molecular weight excluding hydrogens is 182 g/mol. The summed E-state index contributed by atoms with van der Waals surface area (Å²) in [6, 6.07) is 0. The minimum absolute atomic E-state index is 0.0515. The molecule has 0 aromatic carbocycles. The first-order valence-electron chi connectivity index (χ1n) is 4.56. The van der Waals surface area contributed by atoms with Crippen LogP contribution in [0, 0.1) is 0 Å². The van der Waals surface area contributed by atoms with Crippen molar-refractivity contribution >= 4 is 0 Å². The second kappa shape index (κ2) is 4.52. The molecule has 1 N–H and O–H groups in total. The highest BCUT2D eigenvalue weighted by Crippen LogP contribution is 2.04. The lowest BCUT2D eigenvalue weighted by Gasteiger charge is -2.18. The second-order valence-electron chi connectivity index (χ2n) is 4.13. The molecule has 0 aliphatic carbocycles. The Kier molecular flexibility index (Phi) is 3.60. The van der Waals surface area contributed by atoms with Crippen molar-refractivity contribution < 1.29 is 9.15 Å². The lowest BCUT2D eigenvalue weighted by Crippen LogP contribution is -2.35. The molecule has 0 fully saturated rings. The van der Waals surface area contributed by atoms with Crippen molar-refractivity contribution in [2.24, 2.45) is 0 Å². The number of nitrogens with one attached hydrogen (secondary N) is 1. The van der Waals surface area contributed by atoms with Gasteiger partial charge in [0.15, 0.2) is 0 Å². The van der Waals surface area contributed by atoms with Gasteiger partial charge in [-0.15, -0.1) is 10.2 Å². The van der Waals surface area contributed by atoms with Crippen LogP contribution >= 0.6 is 0 Å². The van der Waals surface area contributed by atoms with Crippen molar-refractivity contribution in [2.75, 3.05) is 7.11 Å². The minimum atomic E-state index is 0.0515. The maximum absolute atomic E-state index is 5.31. The van der Waals surface area contributed by atoms with Crippen LogP contribution in [0.15, 0.2) is 4.42 Å². The van der Waals surface area contributed by atoms with Gasteiger partial charge in [0.25, 0.3) is 0 Å². The van der Waals surface area contributed by atoms with Crippen molar-refractivity contribution in [2.45, 2.75) is 39.5 Å². The molecule has 0 radical (unpaired) electrons. The van der Waals surface area contributed by atoms with E-state index in [0.29, 0.717) is 24.9 Å². The number of nitrogens with zero attached hydrogens (tertiary/aromatic N) is 2. The maximum Gasteiger partial charge on any atom is 0.242 e. The Labute approximate surface area is 83.9 Å². The predicted octanol–water partition coefficient (Wildman–Crippen LogP) is 1.10. The fraction of sp³-hybridized carbons (Fsp3) is 0.778. The zero-order valence-corrected chi connectivity index (χ0v) is 9.13. The summed E-state index contributed by atoms with van der Waals surface area (Å²) in [5.41, 5.74) is 0.0515. The summed E-state index contributed by atoms with van der Waals surface area (Å²) >= 11 is 0. The monoisotopic (exact) mass is 199 g/mol. The third kappa shape index (κ3) is 3.85. The molecule has 5 nitrogen and oxygen atoms in total. The molecule has 5 heteroatoms. The van der Waals surface area contributed by atoms with Gasteiger partial charge in [0.2, 0.25) is 11.8 Å². The van der Waals surface area contributed by atoms with Crippen LogP contribution in [0.1, 0.15) is 32.6 Å². The molecule has 14 heavy (non-hydrogen) atoms. The summed E-state index contributed by atoms with van der Waals surface area (Å²) in [5, 5.41) is 11.0. The van der Waals surface area contributed by atoms with Crippen LogP contribution in [-0.4, -0.2) is 22.8 Å². The maximum atomic E-state index is 5.31. The topological polar surface area (TPSA) is 60.2 Å². The second-order valence-corrected chi connectivity index (χ2v) is 4.13. The lowest BCUT2D eigenvalue weighted by molar-refractivity contribution is 0.157. The number of rotatable bonds is 4. The van der Waals surface area contributed by atoms with E-state index < -0.39 is 0 Å². The van der Waals surface area contributed by atoms with E-state index in [2.05, 4.69) is 36.3 Å². The fourth-order valence-electron chi connectivity index (χ4n) is 0.882. The third-order valence-corrected chi connectivity index (χ3v) is 1.55. The Morgan fingerprint density at radius 3 is 2.50 bits per heavy atom. The highest BCUT2D eigenvalue weighted by molar-refractivity contribution is 4.82. The molecule has 1 aromatic heterocycles. The molecule has 0 bridgehead atoms. The van der Waals surface area contributed by atoms with Crippen molar-refractivity contribution in [1.29, 1.82) is 0 Å². The average molecular weight is 199 g/mol. The smallest absolute Gasteiger partial charge is 0.242 e. The summed E-state index contributed by atoms with van der Waals surface area (Å²) in [5.74, 6) is 1.10. The molecular formula is C9H17N3O2. The number of hydrogen-bond acceptors (Lipinski definition) is 5. The first-order valence-corrected chi connectivity index (χ1v) is 4.56. The molecule has 0 aliphatic heterocycles. The van der Waals surface area contributed by atoms with E-state index >= 15 is 0 Å². The summed E-state index contributed by atoms with van der Waals surface area (Å²) in [4.78, 5) is 0. The van der Waals surface area contributed by atoms with E-state index in [-0.39, 0.29) is 5.54 Å². The molecule has 1 aromatic rings. The molecule has 1 rings (SSSR count). The number of ether oxygens (including phenoxy) is 1. The van der Waals surface area contributed by atoms with Crippen molar-refractivity contribution in [1.82, 2.24) is 15.5 Å². The summed E-state index contributed by atoms with van der Waals surface area (Å²) in [6.45, 7) is 7.20. The molecule has 80 valence electrons. The highest BCUT2D eigenvalue weighted by Gasteiger charge is 2.11. The summed E-state index contributed by atoms with van der Waals surface area (Å²) in [7, 11) is 1.59. The van der Waals surface area contributed by atoms with Gasteiger partial charge in [-0.3, -0.25) is 0 Å². The van der Waals surface area contributed by atoms with Crippen LogP contribution in [0.4, 0.5) is 0 Å². The molecule has 1 heterocycles. The van der Waals surface area contributed by atoms with Gasteiger partial charge in [-0.1, -0.05) is 0 Å². The van der Waals surface area contributed by atoms with Gasteiger partial charge in [0, 0.05) is 12.6 Å². The Bertz CT molecular complexity index is 278. The third-order valence-electron chi connectivity index (χ3n) is 1.55. The molecule has 0 aliphatic rings. The molecule has 0 saturated heterocycles. The Balaban J connectivity index is 2.44. The SMILES string of the molecule is COCc1nnc(CNC(C)(C)C)o1. The van der Waals surface area contributed by atoms with E-state index in [4.69, 9.17) is 9.15 Å². The van der Waals surface area contributed by atoms with E-state index in [0.717, 1.165) is 0 Å². The Morgan fingerprint density at radius 2 is 1.93 bits per heavy atom. The van der Waals surface area contributed by atoms with Gasteiger partial charge in [0.1, 0.15) is 6.61 Å². The van der Waals surface area contributed by atoms with Gasteiger partial charge in [-0.25, -0.2) is 0 Å². The number of methoxy groups -OCH3 is 1. The van der Waals surface area contributed by atoms with Gasteiger partial charge in [-0.2, -0.15) is 0 Å². The minimum Gasteiger partial charge on any atom is -0.421 e. The first kappa shape index (κ1) is 11.1. The predicted molar refractivity (Wildman–Crippen MR) is 51.6 cm³/mol. The van der Waals surface area contributed by atoms with Gasteiger partial charge >= 0.3 is 0 Å². The molecule has 0 spiro atoms. The molecule has 0 atom stereocenters. The van der Waals surface area contributed by atoms with Crippen LogP contribution in [0.3, 0.4) is 0 Å². The molecule has 0 amide bonds. The highest BCUT2D eigenvalue weighted by atomic mass is 16.5. The van der Waals surface area contributed by atoms with Gasteiger partial charge < -0.3 is 14.5 Å². The zero-order valence-electron chi connectivity index (χ0n) is 9.13. The molecule has 0 saturated carbocycles. The Morgan fingerprint density at radius 1 is 1.29 bits per heavy atom. The van der Waals surface area contributed by atoms with Crippen LogP contribution in [-0.2, 0) is 17.9 Å². The normalized spacial score (nSPS) is 12.0. The lowest BCUT2D eigenvalue weighted by atomic mass is 10.1. The quantitative estimate of drug-likeness (QED) is 0.787. The van der Waals surface area contributed by atoms with Crippen molar-refractivity contribution in [3.05, 3.63) is 11.8 Å². The van der Waals surface area contributed by atoms with E-state index in [1.54, 1.807) is 7.11 Å². The summed E-state index contributed by atoms with van der Waals surface area (Å²) < 4.78 is 10.2. The fourth-order valence-corrected chi connectivity index (χ4v) is 0.882. The van der Waals surface area contributed by atoms with Crippen LogP contribution in [0.25, 0.3) is 0 Å². The van der Waals surface area contributed by atoms with E-state index in [1.165, 1.54) is 0 Å². The van der Waals surface area contributed by atoms with Crippen LogP contribution in [0.5, 0.6) is 0 Å².